The van der Waals surface area contributed by atoms with E-state index in [4.69, 9.17) is 5.26 Å². The van der Waals surface area contributed by atoms with Gasteiger partial charge in [0.25, 0.3) is 0 Å². The summed E-state index contributed by atoms with van der Waals surface area (Å²) in [5.74, 6) is 0.636. The monoisotopic (exact) mass is 333 g/mol. The molecule has 0 spiro atoms. The van der Waals surface area contributed by atoms with Crippen LogP contribution in [0.5, 0.6) is 0 Å². The highest BCUT2D eigenvalue weighted by atomic mass is 32.2. The number of para-hydroxylation sites is 1. The van der Waals surface area contributed by atoms with E-state index in [-0.39, 0.29) is 18.0 Å². The second kappa shape index (κ2) is 8.80. The van der Waals surface area contributed by atoms with Gasteiger partial charge in [-0.2, -0.15) is 5.26 Å². The summed E-state index contributed by atoms with van der Waals surface area (Å²) < 4.78 is 0. The number of urea groups is 1. The number of thioether (sulfide) groups is 1. The predicted octanol–water partition coefficient (Wildman–Crippen LogP) is 3.36. The Hall–Kier alpha value is -1.71. The van der Waals surface area contributed by atoms with Crippen LogP contribution < -0.4 is 10.6 Å². The number of hydrogen-bond acceptors (Lipinski definition) is 4. The number of anilines is 1. The number of amides is 2. The summed E-state index contributed by atoms with van der Waals surface area (Å²) in [6.45, 7) is 1.88. The third kappa shape index (κ3) is 5.45. The first-order valence-electron chi connectivity index (χ1n) is 7.97. The SMILES string of the molecule is C[C@H](C#N)CSc1ccccc1NC(=O)N[C@H]1CCCC[C@H]1O. The summed E-state index contributed by atoms with van der Waals surface area (Å²) in [7, 11) is 0. The van der Waals surface area contributed by atoms with E-state index in [0.29, 0.717) is 5.75 Å². The molecule has 1 aliphatic rings. The first-order valence-corrected chi connectivity index (χ1v) is 8.95. The van der Waals surface area contributed by atoms with Crippen molar-refractivity contribution in [1.29, 1.82) is 5.26 Å². The molecule has 1 fully saturated rings. The fourth-order valence-electron chi connectivity index (χ4n) is 2.55. The highest BCUT2D eigenvalue weighted by Gasteiger charge is 2.24. The van der Waals surface area contributed by atoms with E-state index >= 15 is 0 Å². The van der Waals surface area contributed by atoms with Gasteiger partial charge in [-0.1, -0.05) is 25.0 Å². The van der Waals surface area contributed by atoms with Crippen LogP contribution >= 0.6 is 11.8 Å². The lowest BCUT2D eigenvalue weighted by atomic mass is 9.93. The summed E-state index contributed by atoms with van der Waals surface area (Å²) in [6.07, 6.45) is 3.13. The van der Waals surface area contributed by atoms with Gasteiger partial charge >= 0.3 is 6.03 Å². The first kappa shape index (κ1) is 17.6. The van der Waals surface area contributed by atoms with Crippen molar-refractivity contribution in [3.8, 4) is 6.07 Å². The van der Waals surface area contributed by atoms with E-state index in [9.17, 15) is 9.90 Å². The van der Waals surface area contributed by atoms with Crippen molar-refractivity contribution in [3.63, 3.8) is 0 Å². The van der Waals surface area contributed by atoms with Crippen molar-refractivity contribution in [2.24, 2.45) is 5.92 Å². The van der Waals surface area contributed by atoms with Gasteiger partial charge in [-0.25, -0.2) is 4.79 Å². The lowest BCUT2D eigenvalue weighted by Crippen LogP contribution is -2.46. The van der Waals surface area contributed by atoms with E-state index in [1.807, 2.05) is 31.2 Å². The maximum atomic E-state index is 12.2. The molecule has 6 heteroatoms. The number of nitriles is 1. The lowest BCUT2D eigenvalue weighted by Gasteiger charge is -2.28. The number of benzene rings is 1. The Kier molecular flexibility index (Phi) is 6.75. The summed E-state index contributed by atoms with van der Waals surface area (Å²) in [6, 6.07) is 9.28. The van der Waals surface area contributed by atoms with Gasteiger partial charge in [-0.05, 0) is 31.9 Å². The van der Waals surface area contributed by atoms with Crippen LogP contribution in [0.25, 0.3) is 0 Å². The van der Waals surface area contributed by atoms with E-state index in [1.165, 1.54) is 0 Å². The molecule has 0 radical (unpaired) electrons. The molecule has 0 heterocycles. The molecule has 0 aliphatic heterocycles. The van der Waals surface area contributed by atoms with Crippen molar-refractivity contribution < 1.29 is 9.90 Å². The molecule has 2 amide bonds. The minimum absolute atomic E-state index is 0.0423. The molecule has 124 valence electrons. The van der Waals surface area contributed by atoms with Crippen LogP contribution in [0.1, 0.15) is 32.6 Å². The van der Waals surface area contributed by atoms with Crippen LogP contribution in [0.3, 0.4) is 0 Å². The van der Waals surface area contributed by atoms with E-state index < -0.39 is 6.10 Å². The van der Waals surface area contributed by atoms with Gasteiger partial charge in [0.2, 0.25) is 0 Å². The first-order chi connectivity index (χ1) is 11.1. The molecular formula is C17H23N3O2S. The average Bonchev–Trinajstić information content (AvgIpc) is 2.56. The Morgan fingerprint density at radius 1 is 1.43 bits per heavy atom. The fourth-order valence-corrected chi connectivity index (χ4v) is 3.51. The summed E-state index contributed by atoms with van der Waals surface area (Å²) in [4.78, 5) is 13.1. The maximum absolute atomic E-state index is 12.2. The zero-order valence-electron chi connectivity index (χ0n) is 13.3. The molecular weight excluding hydrogens is 310 g/mol. The van der Waals surface area contributed by atoms with Gasteiger partial charge in [0.05, 0.1) is 29.8 Å². The van der Waals surface area contributed by atoms with E-state index in [1.54, 1.807) is 11.8 Å². The minimum atomic E-state index is -0.462. The number of nitrogens with one attached hydrogen (secondary N) is 2. The molecule has 0 unspecified atom stereocenters. The normalized spacial score (nSPS) is 22.0. The Bertz CT molecular complexity index is 573. The van der Waals surface area contributed by atoms with Crippen molar-refractivity contribution >= 4 is 23.5 Å². The highest BCUT2D eigenvalue weighted by molar-refractivity contribution is 7.99. The molecule has 1 aromatic carbocycles. The molecule has 23 heavy (non-hydrogen) atoms. The second-order valence-corrected chi connectivity index (χ2v) is 6.96. The van der Waals surface area contributed by atoms with Crippen LogP contribution in [0.4, 0.5) is 10.5 Å². The second-order valence-electron chi connectivity index (χ2n) is 5.89. The van der Waals surface area contributed by atoms with E-state index in [2.05, 4.69) is 16.7 Å². The number of aliphatic hydroxyl groups is 1. The molecule has 3 N–H and O–H groups in total. The van der Waals surface area contributed by atoms with Gasteiger partial charge < -0.3 is 15.7 Å². The van der Waals surface area contributed by atoms with E-state index in [0.717, 1.165) is 36.3 Å². The number of carbonyl (C=O) groups is 1. The summed E-state index contributed by atoms with van der Waals surface area (Å²) in [5.41, 5.74) is 0.727. The fraction of sp³-hybridized carbons (Fsp3) is 0.529. The number of nitrogens with zero attached hydrogens (tertiary/aromatic N) is 1. The van der Waals surface area contributed by atoms with Crippen molar-refractivity contribution in [2.45, 2.75) is 49.6 Å². The topological polar surface area (TPSA) is 85.2 Å². The largest absolute Gasteiger partial charge is 0.391 e. The zero-order valence-corrected chi connectivity index (χ0v) is 14.1. The maximum Gasteiger partial charge on any atom is 0.319 e. The van der Waals surface area contributed by atoms with Crippen molar-refractivity contribution in [2.75, 3.05) is 11.1 Å². The Morgan fingerprint density at radius 2 is 2.17 bits per heavy atom. The summed E-state index contributed by atoms with van der Waals surface area (Å²) >= 11 is 1.55. The number of rotatable bonds is 5. The molecule has 1 aromatic rings. The van der Waals surface area contributed by atoms with Crippen molar-refractivity contribution in [3.05, 3.63) is 24.3 Å². The van der Waals surface area contributed by atoms with Gasteiger partial charge in [-0.15, -0.1) is 11.8 Å². The Morgan fingerprint density at radius 3 is 2.91 bits per heavy atom. The molecule has 5 nitrogen and oxygen atoms in total. The van der Waals surface area contributed by atoms with Gasteiger partial charge in [0, 0.05) is 10.6 Å². The van der Waals surface area contributed by atoms with Gasteiger partial charge in [0.1, 0.15) is 0 Å². The highest BCUT2D eigenvalue weighted by Crippen LogP contribution is 2.28. The Labute approximate surface area is 141 Å². The number of carbonyl (C=O) groups excluding carboxylic acids is 1. The van der Waals surface area contributed by atoms with Crippen LogP contribution in [-0.4, -0.2) is 29.0 Å². The molecule has 0 aromatic heterocycles. The quantitative estimate of drug-likeness (QED) is 0.721. The minimum Gasteiger partial charge on any atom is -0.391 e. The third-order valence-electron chi connectivity index (χ3n) is 3.89. The lowest BCUT2D eigenvalue weighted by molar-refractivity contribution is 0.0955. The smallest absolute Gasteiger partial charge is 0.319 e. The third-order valence-corrected chi connectivity index (χ3v) is 5.22. The predicted molar refractivity (Wildman–Crippen MR) is 92.4 cm³/mol. The van der Waals surface area contributed by atoms with Crippen molar-refractivity contribution in [1.82, 2.24) is 5.32 Å². The average molecular weight is 333 g/mol. The van der Waals surface area contributed by atoms with Crippen LogP contribution in [0, 0.1) is 17.2 Å². The standard InChI is InChI=1S/C17H23N3O2S/c1-12(10-18)11-23-16-9-5-3-7-14(16)20-17(22)19-13-6-2-4-8-15(13)21/h3,5,7,9,12-13,15,21H,2,4,6,8,11H2,1H3,(H2,19,20,22)/t12-,13+,15-/m1/s1. The molecule has 3 atom stereocenters. The number of aliphatic hydroxyl groups excluding tert-OH is 1. The van der Waals surface area contributed by atoms with Crippen LogP contribution in [0.15, 0.2) is 29.2 Å². The molecule has 2 rings (SSSR count). The van der Waals surface area contributed by atoms with Gasteiger partial charge in [-0.3, -0.25) is 0 Å². The van der Waals surface area contributed by atoms with Crippen LogP contribution in [-0.2, 0) is 0 Å². The molecule has 1 saturated carbocycles. The zero-order chi connectivity index (χ0) is 16.7. The van der Waals surface area contributed by atoms with Gasteiger partial charge in [0.15, 0.2) is 0 Å². The van der Waals surface area contributed by atoms with Crippen LogP contribution in [0.2, 0.25) is 0 Å². The molecule has 1 aliphatic carbocycles. The summed E-state index contributed by atoms with van der Waals surface area (Å²) in [5, 5.41) is 24.5. The number of hydrogen-bond donors (Lipinski definition) is 3. The molecule has 0 saturated heterocycles. The molecule has 0 bridgehead atoms. The Balaban J connectivity index is 1.93.